The lowest BCUT2D eigenvalue weighted by Crippen LogP contribution is -2.34. The maximum Gasteiger partial charge on any atom is 0.256 e. The molecule has 0 radical (unpaired) electrons. The van der Waals surface area contributed by atoms with E-state index in [2.05, 4.69) is 5.32 Å². The van der Waals surface area contributed by atoms with Crippen molar-refractivity contribution in [1.82, 2.24) is 0 Å². The van der Waals surface area contributed by atoms with Crippen molar-refractivity contribution in [2.75, 3.05) is 10.2 Å². The fraction of sp³-hybridized carbons (Fsp3) is 0.263. The maximum atomic E-state index is 12.6. The average molecular weight is 308 g/mol. The van der Waals surface area contributed by atoms with Crippen LogP contribution in [0.2, 0.25) is 0 Å². The van der Waals surface area contributed by atoms with Crippen LogP contribution in [0.25, 0.3) is 0 Å². The van der Waals surface area contributed by atoms with E-state index < -0.39 is 6.04 Å². The van der Waals surface area contributed by atoms with E-state index in [0.29, 0.717) is 5.69 Å². The molecule has 1 saturated heterocycles. The number of imide groups is 1. The second-order valence-electron chi connectivity index (χ2n) is 6.11. The number of carbonyl (C=O) groups excluding carboxylic acids is 2. The van der Waals surface area contributed by atoms with Crippen molar-refractivity contribution in [2.45, 2.75) is 33.2 Å². The minimum atomic E-state index is -0.509. The number of hydrogen-bond donors (Lipinski definition) is 1. The number of nitrogens with one attached hydrogen (secondary N) is 1. The van der Waals surface area contributed by atoms with Crippen LogP contribution < -0.4 is 10.2 Å². The van der Waals surface area contributed by atoms with E-state index in [1.165, 1.54) is 10.5 Å². The molecule has 0 aliphatic carbocycles. The van der Waals surface area contributed by atoms with Gasteiger partial charge in [-0.2, -0.15) is 0 Å². The Labute approximate surface area is 136 Å². The van der Waals surface area contributed by atoms with E-state index in [9.17, 15) is 9.59 Å². The largest absolute Gasteiger partial charge is 0.373 e. The maximum absolute atomic E-state index is 12.6. The molecule has 4 nitrogen and oxygen atoms in total. The molecular formula is C19H20N2O2. The molecule has 1 fully saturated rings. The number of aryl methyl sites for hydroxylation is 3. The summed E-state index contributed by atoms with van der Waals surface area (Å²) in [5, 5.41) is 3.19. The minimum absolute atomic E-state index is 0.165. The molecule has 0 spiro atoms. The number of rotatable bonds is 3. The van der Waals surface area contributed by atoms with Crippen molar-refractivity contribution in [3.8, 4) is 0 Å². The monoisotopic (exact) mass is 308 g/mol. The lowest BCUT2D eigenvalue weighted by atomic mass is 10.1. The average Bonchev–Trinajstić information content (AvgIpc) is 2.77. The summed E-state index contributed by atoms with van der Waals surface area (Å²) in [7, 11) is 0. The molecular weight excluding hydrogens is 288 g/mol. The number of amides is 2. The summed E-state index contributed by atoms with van der Waals surface area (Å²) < 4.78 is 0. The topological polar surface area (TPSA) is 49.4 Å². The molecule has 0 saturated carbocycles. The van der Waals surface area contributed by atoms with E-state index in [4.69, 9.17) is 0 Å². The molecule has 0 bridgehead atoms. The van der Waals surface area contributed by atoms with Crippen LogP contribution in [-0.2, 0) is 9.59 Å². The summed E-state index contributed by atoms with van der Waals surface area (Å²) >= 11 is 0. The van der Waals surface area contributed by atoms with Crippen LogP contribution in [0.3, 0.4) is 0 Å². The predicted molar refractivity (Wildman–Crippen MR) is 91.6 cm³/mol. The van der Waals surface area contributed by atoms with Crippen LogP contribution >= 0.6 is 0 Å². The SMILES string of the molecule is Cc1cccc(N2C(=O)CC(Nc3ccc(C)c(C)c3)C2=O)c1. The third kappa shape index (κ3) is 2.97. The summed E-state index contributed by atoms with van der Waals surface area (Å²) in [6.45, 7) is 6.02. The van der Waals surface area contributed by atoms with Gasteiger partial charge >= 0.3 is 0 Å². The molecule has 1 N–H and O–H groups in total. The lowest BCUT2D eigenvalue weighted by molar-refractivity contribution is -0.121. The van der Waals surface area contributed by atoms with Gasteiger partial charge in [0.25, 0.3) is 5.91 Å². The Bertz CT molecular complexity index is 783. The number of nitrogens with zero attached hydrogens (tertiary/aromatic N) is 1. The number of hydrogen-bond acceptors (Lipinski definition) is 3. The summed E-state index contributed by atoms with van der Waals surface area (Å²) in [4.78, 5) is 26.2. The molecule has 0 aromatic heterocycles. The quantitative estimate of drug-likeness (QED) is 0.885. The highest BCUT2D eigenvalue weighted by Gasteiger charge is 2.39. The molecule has 1 atom stereocenters. The standard InChI is InChI=1S/C19H20N2O2/c1-12-5-4-6-16(9-12)21-18(22)11-17(19(21)23)20-15-8-7-13(2)14(3)10-15/h4-10,17,20H,11H2,1-3H3. The van der Waals surface area contributed by atoms with Crippen molar-refractivity contribution in [2.24, 2.45) is 0 Å². The van der Waals surface area contributed by atoms with E-state index in [0.717, 1.165) is 16.8 Å². The molecule has 3 rings (SSSR count). The fourth-order valence-electron chi connectivity index (χ4n) is 2.82. The fourth-order valence-corrected chi connectivity index (χ4v) is 2.82. The van der Waals surface area contributed by atoms with Crippen molar-refractivity contribution in [3.63, 3.8) is 0 Å². The Morgan fingerprint density at radius 3 is 2.48 bits per heavy atom. The van der Waals surface area contributed by atoms with Crippen LogP contribution in [0, 0.1) is 20.8 Å². The van der Waals surface area contributed by atoms with E-state index in [1.54, 1.807) is 6.07 Å². The molecule has 2 aromatic rings. The van der Waals surface area contributed by atoms with Crippen molar-refractivity contribution in [3.05, 3.63) is 59.2 Å². The van der Waals surface area contributed by atoms with Crippen LogP contribution in [0.5, 0.6) is 0 Å². The van der Waals surface area contributed by atoms with Gasteiger partial charge < -0.3 is 5.32 Å². The van der Waals surface area contributed by atoms with Gasteiger partial charge in [0.1, 0.15) is 6.04 Å². The van der Waals surface area contributed by atoms with Gasteiger partial charge in [-0.15, -0.1) is 0 Å². The molecule has 1 unspecified atom stereocenters. The zero-order valence-corrected chi connectivity index (χ0v) is 13.6. The number of anilines is 2. The molecule has 1 aliphatic heterocycles. The first-order chi connectivity index (χ1) is 11.0. The van der Waals surface area contributed by atoms with Crippen LogP contribution in [-0.4, -0.2) is 17.9 Å². The highest BCUT2D eigenvalue weighted by molar-refractivity contribution is 6.23. The van der Waals surface area contributed by atoms with Crippen LogP contribution in [0.15, 0.2) is 42.5 Å². The van der Waals surface area contributed by atoms with Crippen molar-refractivity contribution in [1.29, 1.82) is 0 Å². The van der Waals surface area contributed by atoms with Crippen LogP contribution in [0.1, 0.15) is 23.1 Å². The van der Waals surface area contributed by atoms with E-state index in [-0.39, 0.29) is 18.2 Å². The van der Waals surface area contributed by atoms with Gasteiger partial charge in [-0.3, -0.25) is 9.59 Å². The zero-order valence-electron chi connectivity index (χ0n) is 13.6. The first-order valence-electron chi connectivity index (χ1n) is 7.73. The Balaban J connectivity index is 1.82. The summed E-state index contributed by atoms with van der Waals surface area (Å²) in [6.07, 6.45) is 0.180. The van der Waals surface area contributed by atoms with Crippen molar-refractivity contribution < 1.29 is 9.59 Å². The Morgan fingerprint density at radius 1 is 1.00 bits per heavy atom. The van der Waals surface area contributed by atoms with Crippen LogP contribution in [0.4, 0.5) is 11.4 Å². The normalized spacial score (nSPS) is 17.7. The second-order valence-corrected chi connectivity index (χ2v) is 6.11. The smallest absolute Gasteiger partial charge is 0.256 e. The predicted octanol–water partition coefficient (Wildman–Crippen LogP) is 3.36. The summed E-state index contributed by atoms with van der Waals surface area (Å²) in [5.41, 5.74) is 4.89. The van der Waals surface area contributed by atoms with Gasteiger partial charge in [0, 0.05) is 5.69 Å². The van der Waals surface area contributed by atoms with Gasteiger partial charge in [0.05, 0.1) is 12.1 Å². The Kier molecular flexibility index (Phi) is 3.90. The molecule has 1 aliphatic rings. The summed E-state index contributed by atoms with van der Waals surface area (Å²) in [5.74, 6) is -0.360. The molecule has 118 valence electrons. The zero-order chi connectivity index (χ0) is 16.6. The summed E-state index contributed by atoms with van der Waals surface area (Å²) in [6, 6.07) is 12.9. The molecule has 1 heterocycles. The van der Waals surface area contributed by atoms with E-state index >= 15 is 0 Å². The van der Waals surface area contributed by atoms with Gasteiger partial charge in [-0.25, -0.2) is 4.90 Å². The second kappa shape index (κ2) is 5.88. The van der Waals surface area contributed by atoms with Gasteiger partial charge in [-0.1, -0.05) is 18.2 Å². The minimum Gasteiger partial charge on any atom is -0.373 e. The Morgan fingerprint density at radius 2 is 1.78 bits per heavy atom. The van der Waals surface area contributed by atoms with Gasteiger partial charge in [-0.05, 0) is 61.7 Å². The molecule has 2 aromatic carbocycles. The first-order valence-corrected chi connectivity index (χ1v) is 7.73. The molecule has 23 heavy (non-hydrogen) atoms. The Hall–Kier alpha value is -2.62. The third-order valence-corrected chi connectivity index (χ3v) is 4.25. The molecule has 2 amide bonds. The van der Waals surface area contributed by atoms with Crippen molar-refractivity contribution >= 4 is 23.2 Å². The third-order valence-electron chi connectivity index (χ3n) is 4.25. The molecule has 4 heteroatoms. The first kappa shape index (κ1) is 15.3. The highest BCUT2D eigenvalue weighted by atomic mass is 16.2. The van der Waals surface area contributed by atoms with E-state index in [1.807, 2.05) is 57.2 Å². The number of carbonyl (C=O) groups is 2. The van der Waals surface area contributed by atoms with Gasteiger partial charge in [0.2, 0.25) is 5.91 Å². The highest BCUT2D eigenvalue weighted by Crippen LogP contribution is 2.26. The number of benzene rings is 2. The lowest BCUT2D eigenvalue weighted by Gasteiger charge is -2.17. The van der Waals surface area contributed by atoms with Gasteiger partial charge in [0.15, 0.2) is 0 Å².